The number of carbonyl (C=O) groups excluding carboxylic acids is 2. The van der Waals surface area contributed by atoms with E-state index in [0.29, 0.717) is 6.54 Å². The molecule has 5 heteroatoms. The third-order valence-electron chi connectivity index (χ3n) is 5.12. The number of aryl methyl sites for hydroxylation is 2. The summed E-state index contributed by atoms with van der Waals surface area (Å²) in [6.45, 7) is 6.41. The van der Waals surface area contributed by atoms with Crippen LogP contribution in [0.1, 0.15) is 23.6 Å². The number of carbonyl (C=O) groups is 2. The monoisotopic (exact) mass is 432 g/mol. The minimum atomic E-state index is -0.352. The summed E-state index contributed by atoms with van der Waals surface area (Å²) in [6, 6.07) is 25.4. The van der Waals surface area contributed by atoms with Gasteiger partial charge in [-0.2, -0.15) is 0 Å². The molecular formula is C26H28N2O2S. The van der Waals surface area contributed by atoms with Gasteiger partial charge in [0.1, 0.15) is 0 Å². The van der Waals surface area contributed by atoms with Gasteiger partial charge in [-0.15, -0.1) is 11.8 Å². The normalized spacial score (nSPS) is 11.6. The molecule has 3 rings (SSSR count). The Balaban J connectivity index is 1.63. The predicted octanol–water partition coefficient (Wildman–Crippen LogP) is 5.60. The summed E-state index contributed by atoms with van der Waals surface area (Å²) in [5.41, 5.74) is 5.01. The van der Waals surface area contributed by atoms with Gasteiger partial charge in [0, 0.05) is 11.4 Å². The highest BCUT2D eigenvalue weighted by molar-refractivity contribution is 8.01. The van der Waals surface area contributed by atoms with Gasteiger partial charge < -0.3 is 10.2 Å². The zero-order valence-corrected chi connectivity index (χ0v) is 19.0. The third kappa shape index (κ3) is 6.46. The van der Waals surface area contributed by atoms with Gasteiger partial charge in [-0.25, -0.2) is 0 Å². The molecule has 3 aromatic rings. The number of para-hydroxylation sites is 1. The Hall–Kier alpha value is -3.05. The first-order valence-corrected chi connectivity index (χ1v) is 11.4. The van der Waals surface area contributed by atoms with Crippen LogP contribution in [0, 0.1) is 13.8 Å². The Morgan fingerprint density at radius 3 is 2.19 bits per heavy atom. The van der Waals surface area contributed by atoms with Gasteiger partial charge in [0.05, 0.1) is 17.5 Å². The van der Waals surface area contributed by atoms with Crippen molar-refractivity contribution in [1.82, 2.24) is 0 Å². The lowest BCUT2D eigenvalue weighted by molar-refractivity contribution is -0.118. The van der Waals surface area contributed by atoms with Crippen LogP contribution in [0.4, 0.5) is 11.4 Å². The van der Waals surface area contributed by atoms with Gasteiger partial charge in [0.2, 0.25) is 11.8 Å². The molecule has 2 amide bonds. The van der Waals surface area contributed by atoms with Crippen molar-refractivity contribution in [3.8, 4) is 0 Å². The number of anilines is 2. The molecule has 1 N–H and O–H groups in total. The Labute approximate surface area is 188 Å². The first-order chi connectivity index (χ1) is 14.9. The fraction of sp³-hybridized carbons (Fsp3) is 0.231. The minimum Gasteiger partial charge on any atom is -0.325 e. The minimum absolute atomic E-state index is 0.0148. The molecule has 0 saturated carbocycles. The fourth-order valence-corrected chi connectivity index (χ4v) is 3.92. The number of hydrogen-bond donors (Lipinski definition) is 1. The summed E-state index contributed by atoms with van der Waals surface area (Å²) < 4.78 is 0. The van der Waals surface area contributed by atoms with E-state index in [-0.39, 0.29) is 22.8 Å². The van der Waals surface area contributed by atoms with E-state index in [4.69, 9.17) is 0 Å². The van der Waals surface area contributed by atoms with Gasteiger partial charge in [-0.1, -0.05) is 54.6 Å². The second kappa shape index (κ2) is 10.8. The topological polar surface area (TPSA) is 49.4 Å². The lowest BCUT2D eigenvalue weighted by Crippen LogP contribution is -2.36. The van der Waals surface area contributed by atoms with Crippen LogP contribution < -0.4 is 10.2 Å². The van der Waals surface area contributed by atoms with Gasteiger partial charge in [-0.3, -0.25) is 9.59 Å². The summed E-state index contributed by atoms with van der Waals surface area (Å²) in [7, 11) is 0. The van der Waals surface area contributed by atoms with E-state index in [1.807, 2.05) is 99.6 Å². The zero-order chi connectivity index (χ0) is 22.2. The van der Waals surface area contributed by atoms with Crippen LogP contribution in [-0.2, 0) is 16.1 Å². The smallest absolute Gasteiger partial charge is 0.240 e. The van der Waals surface area contributed by atoms with Gasteiger partial charge in [0.15, 0.2) is 0 Å². The molecule has 0 spiro atoms. The van der Waals surface area contributed by atoms with Crippen molar-refractivity contribution in [2.24, 2.45) is 0 Å². The molecule has 0 aromatic heterocycles. The predicted molar refractivity (Wildman–Crippen MR) is 131 cm³/mol. The molecule has 0 saturated heterocycles. The summed E-state index contributed by atoms with van der Waals surface area (Å²) in [4.78, 5) is 27.5. The largest absolute Gasteiger partial charge is 0.325 e. The molecule has 0 aliphatic heterocycles. The molecule has 0 radical (unpaired) electrons. The highest BCUT2D eigenvalue weighted by Crippen LogP contribution is 2.22. The third-order valence-corrected chi connectivity index (χ3v) is 6.25. The first kappa shape index (κ1) is 22.6. The van der Waals surface area contributed by atoms with Crippen molar-refractivity contribution in [3.05, 3.63) is 95.6 Å². The standard InChI is InChI=1S/C26H28N2O2S/c1-19-14-15-23(16-20(19)2)27-25(29)18-31-21(3)26(30)28(24-12-8-5-9-13-24)17-22-10-6-4-7-11-22/h4-16,21H,17-18H2,1-3H3,(H,27,29). The van der Waals surface area contributed by atoms with Crippen LogP contribution in [-0.4, -0.2) is 22.8 Å². The van der Waals surface area contributed by atoms with E-state index >= 15 is 0 Å². The van der Waals surface area contributed by atoms with Crippen LogP contribution in [0.5, 0.6) is 0 Å². The van der Waals surface area contributed by atoms with E-state index in [0.717, 1.165) is 22.5 Å². The maximum Gasteiger partial charge on any atom is 0.240 e. The molecule has 31 heavy (non-hydrogen) atoms. The molecular weight excluding hydrogens is 404 g/mol. The average molecular weight is 433 g/mol. The highest BCUT2D eigenvalue weighted by atomic mass is 32.2. The second-order valence-corrected chi connectivity index (χ2v) is 8.88. The quantitative estimate of drug-likeness (QED) is 0.504. The number of rotatable bonds is 8. The second-order valence-electron chi connectivity index (χ2n) is 7.55. The SMILES string of the molecule is Cc1ccc(NC(=O)CSC(C)C(=O)N(Cc2ccccc2)c2ccccc2)cc1C. The Morgan fingerprint density at radius 1 is 0.903 bits per heavy atom. The van der Waals surface area contributed by atoms with E-state index in [2.05, 4.69) is 5.32 Å². The molecule has 0 bridgehead atoms. The molecule has 160 valence electrons. The van der Waals surface area contributed by atoms with Crippen molar-refractivity contribution in [3.63, 3.8) is 0 Å². The van der Waals surface area contributed by atoms with Crippen LogP contribution in [0.2, 0.25) is 0 Å². The lowest BCUT2D eigenvalue weighted by Gasteiger charge is -2.26. The molecule has 0 fully saturated rings. The Kier molecular flexibility index (Phi) is 7.90. The highest BCUT2D eigenvalue weighted by Gasteiger charge is 2.23. The van der Waals surface area contributed by atoms with Crippen molar-refractivity contribution in [2.75, 3.05) is 16.0 Å². The Morgan fingerprint density at radius 2 is 1.55 bits per heavy atom. The van der Waals surface area contributed by atoms with Gasteiger partial charge in [-0.05, 0) is 61.7 Å². The molecule has 1 unspecified atom stereocenters. The molecule has 0 aliphatic carbocycles. The van der Waals surface area contributed by atoms with Crippen molar-refractivity contribution >= 4 is 35.0 Å². The average Bonchev–Trinajstić information content (AvgIpc) is 2.79. The maximum atomic E-state index is 13.3. The van der Waals surface area contributed by atoms with E-state index in [1.165, 1.54) is 17.3 Å². The lowest BCUT2D eigenvalue weighted by atomic mass is 10.1. The number of hydrogen-bond acceptors (Lipinski definition) is 3. The van der Waals surface area contributed by atoms with Crippen LogP contribution in [0.25, 0.3) is 0 Å². The van der Waals surface area contributed by atoms with E-state index in [9.17, 15) is 9.59 Å². The summed E-state index contributed by atoms with van der Waals surface area (Å²) in [6.07, 6.45) is 0. The first-order valence-electron chi connectivity index (χ1n) is 10.3. The number of nitrogens with zero attached hydrogens (tertiary/aromatic N) is 1. The zero-order valence-electron chi connectivity index (χ0n) is 18.2. The molecule has 0 aliphatic rings. The molecule has 3 aromatic carbocycles. The maximum absolute atomic E-state index is 13.3. The van der Waals surface area contributed by atoms with Gasteiger partial charge in [0.25, 0.3) is 0 Å². The summed E-state index contributed by atoms with van der Waals surface area (Å²) >= 11 is 1.35. The molecule has 4 nitrogen and oxygen atoms in total. The van der Waals surface area contributed by atoms with Gasteiger partial charge >= 0.3 is 0 Å². The Bertz CT molecular complexity index is 1020. The number of benzene rings is 3. The number of amides is 2. The fourth-order valence-electron chi connectivity index (χ4n) is 3.18. The van der Waals surface area contributed by atoms with E-state index < -0.39 is 0 Å². The number of nitrogens with one attached hydrogen (secondary N) is 1. The van der Waals surface area contributed by atoms with Crippen LogP contribution in [0.15, 0.2) is 78.9 Å². The molecule has 0 heterocycles. The van der Waals surface area contributed by atoms with Crippen molar-refractivity contribution < 1.29 is 9.59 Å². The molecule has 1 atom stereocenters. The van der Waals surface area contributed by atoms with E-state index in [1.54, 1.807) is 4.90 Å². The van der Waals surface area contributed by atoms with Crippen molar-refractivity contribution in [2.45, 2.75) is 32.6 Å². The summed E-state index contributed by atoms with van der Waals surface area (Å²) in [5.74, 6) is 0.0922. The number of thioether (sulfide) groups is 1. The van der Waals surface area contributed by atoms with Crippen molar-refractivity contribution in [1.29, 1.82) is 0 Å². The summed E-state index contributed by atoms with van der Waals surface area (Å²) in [5, 5.41) is 2.57. The van der Waals surface area contributed by atoms with Crippen LogP contribution >= 0.6 is 11.8 Å². The van der Waals surface area contributed by atoms with Crippen LogP contribution in [0.3, 0.4) is 0 Å².